The topological polar surface area (TPSA) is 86.6 Å². The first kappa shape index (κ1) is 12.2. The summed E-state index contributed by atoms with van der Waals surface area (Å²) in [6, 6.07) is 0. The lowest BCUT2D eigenvalue weighted by molar-refractivity contribution is -0.147. The Morgan fingerprint density at radius 3 is 2.31 bits per heavy atom. The van der Waals surface area contributed by atoms with E-state index < -0.39 is 17.4 Å². The van der Waals surface area contributed by atoms with Gasteiger partial charge in [-0.15, -0.1) is 0 Å². The number of hydrogen-bond acceptors (Lipinski definition) is 4. The van der Waals surface area contributed by atoms with Crippen molar-refractivity contribution in [3.05, 3.63) is 0 Å². The lowest BCUT2D eigenvalue weighted by Gasteiger charge is -2.27. The number of carbonyl (C=O) groups is 2. The van der Waals surface area contributed by atoms with Crippen molar-refractivity contribution >= 4 is 24.5 Å². The molecular formula is C7H13NO4S. The number of rotatable bonds is 5. The number of hydrogen-bond donors (Lipinski definition) is 4. The van der Waals surface area contributed by atoms with E-state index >= 15 is 0 Å². The number of aliphatic hydroxyl groups is 1. The molecule has 0 aliphatic rings. The summed E-state index contributed by atoms with van der Waals surface area (Å²) in [4.78, 5) is 21.5. The smallest absolute Gasteiger partial charge is 0.330 e. The van der Waals surface area contributed by atoms with E-state index in [0.29, 0.717) is 0 Å². The lowest BCUT2D eigenvalue weighted by atomic mass is 9.98. The highest BCUT2D eigenvalue weighted by Crippen LogP contribution is 2.12. The molecule has 0 radical (unpaired) electrons. The van der Waals surface area contributed by atoms with Crippen LogP contribution in [0.5, 0.6) is 0 Å². The molecule has 1 atom stereocenters. The highest BCUT2D eigenvalue weighted by atomic mass is 32.1. The van der Waals surface area contributed by atoms with Gasteiger partial charge < -0.3 is 15.5 Å². The van der Waals surface area contributed by atoms with Crippen molar-refractivity contribution in [3.8, 4) is 0 Å². The van der Waals surface area contributed by atoms with Crippen molar-refractivity contribution in [1.29, 1.82) is 0 Å². The molecular weight excluding hydrogens is 194 g/mol. The summed E-state index contributed by atoms with van der Waals surface area (Å²) < 4.78 is 0. The van der Waals surface area contributed by atoms with Crippen molar-refractivity contribution in [1.82, 2.24) is 5.32 Å². The predicted molar refractivity (Wildman–Crippen MR) is 49.7 cm³/mol. The second kappa shape index (κ2) is 5.08. The molecule has 0 fully saturated rings. The Hall–Kier alpha value is -0.750. The van der Waals surface area contributed by atoms with E-state index in [0.717, 1.165) is 0 Å². The first-order valence-corrected chi connectivity index (χ1v) is 4.35. The van der Waals surface area contributed by atoms with Gasteiger partial charge in [-0.2, -0.15) is 12.6 Å². The molecule has 0 aliphatic heterocycles. The second-order valence-corrected chi connectivity index (χ2v) is 3.02. The van der Waals surface area contributed by atoms with Crippen LogP contribution in [0.2, 0.25) is 0 Å². The maximum absolute atomic E-state index is 10.8. The van der Waals surface area contributed by atoms with E-state index in [1.807, 2.05) is 0 Å². The predicted octanol–water partition coefficient (Wildman–Crippen LogP) is -0.742. The Morgan fingerprint density at radius 1 is 1.54 bits per heavy atom. The number of thiol groups is 1. The van der Waals surface area contributed by atoms with Crippen LogP contribution in [-0.2, 0) is 9.59 Å². The number of carboxylic acid groups (broad SMARTS) is 1. The van der Waals surface area contributed by atoms with E-state index in [9.17, 15) is 9.59 Å². The standard InChI is InChI=1S/C7H13NO4S/c1-5(10)8-7(4-13,2-3-9)6(11)12/h9,13H,2-4H2,1H3,(H,8,10)(H,11,12)/t7-/m0/s1. The summed E-state index contributed by atoms with van der Waals surface area (Å²) in [5.74, 6) is -1.70. The number of aliphatic carboxylic acids is 1. The highest BCUT2D eigenvalue weighted by Gasteiger charge is 2.37. The minimum Gasteiger partial charge on any atom is -0.479 e. The molecule has 0 aliphatic carbocycles. The number of carbonyl (C=O) groups excluding carboxylic acids is 1. The van der Waals surface area contributed by atoms with Gasteiger partial charge in [0.2, 0.25) is 5.91 Å². The van der Waals surface area contributed by atoms with E-state index in [-0.39, 0.29) is 18.8 Å². The van der Waals surface area contributed by atoms with Crippen LogP contribution in [0.3, 0.4) is 0 Å². The molecule has 1 amide bonds. The van der Waals surface area contributed by atoms with Crippen LogP contribution < -0.4 is 5.32 Å². The van der Waals surface area contributed by atoms with E-state index in [4.69, 9.17) is 10.2 Å². The van der Waals surface area contributed by atoms with Gasteiger partial charge >= 0.3 is 5.97 Å². The monoisotopic (exact) mass is 207 g/mol. The number of aliphatic hydroxyl groups excluding tert-OH is 1. The van der Waals surface area contributed by atoms with Crippen LogP contribution in [0.4, 0.5) is 0 Å². The lowest BCUT2D eigenvalue weighted by Crippen LogP contribution is -2.56. The Balaban J connectivity index is 4.64. The highest BCUT2D eigenvalue weighted by molar-refractivity contribution is 7.80. The van der Waals surface area contributed by atoms with Gasteiger partial charge in [0.15, 0.2) is 0 Å². The van der Waals surface area contributed by atoms with Gasteiger partial charge in [0, 0.05) is 25.7 Å². The van der Waals surface area contributed by atoms with Crippen LogP contribution in [0.1, 0.15) is 13.3 Å². The van der Waals surface area contributed by atoms with Gasteiger partial charge in [0.1, 0.15) is 5.54 Å². The fourth-order valence-corrected chi connectivity index (χ4v) is 1.31. The van der Waals surface area contributed by atoms with Crippen LogP contribution in [0.25, 0.3) is 0 Å². The van der Waals surface area contributed by atoms with E-state index in [1.165, 1.54) is 6.92 Å². The molecule has 0 aromatic carbocycles. The van der Waals surface area contributed by atoms with Gasteiger partial charge in [-0.1, -0.05) is 0 Å². The minimum absolute atomic E-state index is 0.0502. The summed E-state index contributed by atoms with van der Waals surface area (Å²) in [6.45, 7) is 0.908. The Labute approximate surface area is 81.5 Å². The van der Waals surface area contributed by atoms with Crippen molar-refractivity contribution in [2.24, 2.45) is 0 Å². The molecule has 0 bridgehead atoms. The SMILES string of the molecule is CC(=O)N[C@](CS)(CCO)C(=O)O. The Kier molecular flexibility index (Phi) is 4.79. The number of amides is 1. The average molecular weight is 207 g/mol. The summed E-state index contributed by atoms with van der Waals surface area (Å²) >= 11 is 3.84. The molecule has 0 spiro atoms. The minimum atomic E-state index is -1.45. The quantitative estimate of drug-likeness (QED) is 0.447. The second-order valence-electron chi connectivity index (χ2n) is 2.70. The largest absolute Gasteiger partial charge is 0.479 e. The van der Waals surface area contributed by atoms with Gasteiger partial charge in [-0.3, -0.25) is 4.79 Å². The molecule has 0 rings (SSSR count). The molecule has 5 nitrogen and oxygen atoms in total. The zero-order chi connectivity index (χ0) is 10.5. The van der Waals surface area contributed by atoms with Crippen molar-refractivity contribution in [2.45, 2.75) is 18.9 Å². The third-order valence-corrected chi connectivity index (χ3v) is 2.17. The summed E-state index contributed by atoms with van der Waals surface area (Å²) in [5.41, 5.74) is -1.45. The van der Waals surface area contributed by atoms with Crippen molar-refractivity contribution in [2.75, 3.05) is 12.4 Å². The summed E-state index contributed by atoms with van der Waals surface area (Å²) in [6.07, 6.45) is -0.0502. The number of nitrogens with one attached hydrogen (secondary N) is 1. The van der Waals surface area contributed by atoms with Crippen LogP contribution in [0.15, 0.2) is 0 Å². The molecule has 0 aromatic rings. The van der Waals surface area contributed by atoms with Gasteiger partial charge in [0.05, 0.1) is 0 Å². The van der Waals surface area contributed by atoms with Crippen LogP contribution >= 0.6 is 12.6 Å². The molecule has 0 heterocycles. The van der Waals surface area contributed by atoms with Crippen molar-refractivity contribution in [3.63, 3.8) is 0 Å². The van der Waals surface area contributed by atoms with Gasteiger partial charge in [0.25, 0.3) is 0 Å². The molecule has 13 heavy (non-hydrogen) atoms. The van der Waals surface area contributed by atoms with Crippen LogP contribution in [0, 0.1) is 0 Å². The Bertz CT molecular complexity index is 209. The van der Waals surface area contributed by atoms with Crippen molar-refractivity contribution < 1.29 is 19.8 Å². The zero-order valence-electron chi connectivity index (χ0n) is 7.28. The van der Waals surface area contributed by atoms with Crippen LogP contribution in [-0.4, -0.2) is 40.0 Å². The molecule has 6 heteroatoms. The fourth-order valence-electron chi connectivity index (χ4n) is 0.937. The third-order valence-electron chi connectivity index (χ3n) is 1.63. The molecule has 76 valence electrons. The maximum atomic E-state index is 10.8. The molecule has 0 aromatic heterocycles. The zero-order valence-corrected chi connectivity index (χ0v) is 8.17. The van der Waals surface area contributed by atoms with E-state index in [2.05, 4.69) is 17.9 Å². The molecule has 0 saturated heterocycles. The maximum Gasteiger partial charge on any atom is 0.330 e. The van der Waals surface area contributed by atoms with E-state index in [1.54, 1.807) is 0 Å². The molecule has 0 unspecified atom stereocenters. The first-order chi connectivity index (χ1) is 5.98. The normalized spacial score (nSPS) is 14.7. The number of carboxylic acids is 1. The van der Waals surface area contributed by atoms with Gasteiger partial charge in [-0.25, -0.2) is 4.79 Å². The summed E-state index contributed by atoms with van der Waals surface area (Å²) in [7, 11) is 0. The summed E-state index contributed by atoms with van der Waals surface area (Å²) in [5, 5.41) is 19.7. The first-order valence-electron chi connectivity index (χ1n) is 3.72. The Morgan fingerprint density at radius 2 is 2.08 bits per heavy atom. The third kappa shape index (κ3) is 3.23. The molecule has 0 saturated carbocycles. The average Bonchev–Trinajstić information content (AvgIpc) is 2.02. The molecule has 3 N–H and O–H groups in total. The fraction of sp³-hybridized carbons (Fsp3) is 0.714. The van der Waals surface area contributed by atoms with Gasteiger partial charge in [-0.05, 0) is 0 Å².